The molecule has 1 aliphatic carbocycles. The van der Waals surface area contributed by atoms with E-state index in [1.54, 1.807) is 0 Å². The predicted molar refractivity (Wildman–Crippen MR) is 95.9 cm³/mol. The average molecular weight is 330 g/mol. The molecular weight excluding hydrogens is 300 g/mol. The molecule has 1 aromatic carbocycles. The summed E-state index contributed by atoms with van der Waals surface area (Å²) in [4.78, 5) is 14.4. The number of aliphatic hydroxyl groups is 1. The number of hydrogen-bond acceptors (Lipinski definition) is 2. The van der Waals surface area contributed by atoms with E-state index in [1.807, 2.05) is 4.90 Å². The van der Waals surface area contributed by atoms with Crippen LogP contribution in [0.3, 0.4) is 0 Å². The van der Waals surface area contributed by atoms with Crippen LogP contribution in [0.15, 0.2) is 30.3 Å². The number of nitrogens with zero attached hydrogens (tertiary/aromatic N) is 1. The first-order valence-corrected chi connectivity index (χ1v) is 9.48. The fourth-order valence-electron chi connectivity index (χ4n) is 3.93. The van der Waals surface area contributed by atoms with E-state index in [-0.39, 0.29) is 18.2 Å². The summed E-state index contributed by atoms with van der Waals surface area (Å²) in [5.41, 5.74) is 1.41. The molecule has 2 aliphatic rings. The molecule has 3 rings (SSSR count). The van der Waals surface area contributed by atoms with Gasteiger partial charge in [-0.05, 0) is 62.8 Å². The van der Waals surface area contributed by atoms with Gasteiger partial charge in [0.05, 0.1) is 6.10 Å². The second-order valence-corrected chi connectivity index (χ2v) is 7.41. The lowest BCUT2D eigenvalue weighted by Crippen LogP contribution is -2.49. The second kappa shape index (κ2) is 8.52. The van der Waals surface area contributed by atoms with Crippen molar-refractivity contribution in [3.05, 3.63) is 35.9 Å². The first kappa shape index (κ1) is 17.3. The normalized spacial score (nSPS) is 25.5. The molecule has 1 saturated heterocycles. The van der Waals surface area contributed by atoms with Crippen LogP contribution in [0.1, 0.15) is 50.5 Å². The Balaban J connectivity index is 1.36. The maximum atomic E-state index is 12.4. The first-order valence-electron chi connectivity index (χ1n) is 9.48. The number of aliphatic hydroxyl groups excluding tert-OH is 1. The topological polar surface area (TPSA) is 52.6 Å². The molecular formula is C20H30N2O2. The SMILES string of the molecule is O=C(NC1CCC(O)CC1)N1CCC(CCc2ccccc2)CC1. The Morgan fingerprint density at radius 3 is 2.38 bits per heavy atom. The molecule has 1 aliphatic heterocycles. The van der Waals surface area contributed by atoms with Gasteiger partial charge in [-0.25, -0.2) is 4.79 Å². The zero-order chi connectivity index (χ0) is 16.8. The molecule has 0 bridgehead atoms. The second-order valence-electron chi connectivity index (χ2n) is 7.41. The number of piperidine rings is 1. The van der Waals surface area contributed by atoms with Gasteiger partial charge in [-0.3, -0.25) is 0 Å². The number of amides is 2. The standard InChI is InChI=1S/C20H30N2O2/c23-19-10-8-18(9-11-19)21-20(24)22-14-12-17(13-15-22)7-6-16-4-2-1-3-5-16/h1-5,17-19,23H,6-15H2,(H,21,24). The van der Waals surface area contributed by atoms with E-state index in [4.69, 9.17) is 0 Å². The lowest BCUT2D eigenvalue weighted by atomic mass is 9.90. The quantitative estimate of drug-likeness (QED) is 0.889. The lowest BCUT2D eigenvalue weighted by Gasteiger charge is -2.34. The number of carbonyl (C=O) groups is 1. The third-order valence-corrected chi connectivity index (χ3v) is 5.61. The van der Waals surface area contributed by atoms with Crippen LogP contribution >= 0.6 is 0 Å². The largest absolute Gasteiger partial charge is 0.393 e. The number of hydrogen-bond donors (Lipinski definition) is 2. The van der Waals surface area contributed by atoms with Gasteiger partial charge in [-0.2, -0.15) is 0 Å². The molecule has 2 N–H and O–H groups in total. The highest BCUT2D eigenvalue weighted by Gasteiger charge is 2.26. The Morgan fingerprint density at radius 2 is 1.71 bits per heavy atom. The summed E-state index contributed by atoms with van der Waals surface area (Å²) in [6.07, 6.45) is 7.86. The molecule has 2 amide bonds. The van der Waals surface area contributed by atoms with E-state index in [0.717, 1.165) is 64.0 Å². The van der Waals surface area contributed by atoms with Gasteiger partial charge in [0.15, 0.2) is 0 Å². The number of aryl methyl sites for hydroxylation is 1. The molecule has 0 radical (unpaired) electrons. The Labute approximate surface area is 145 Å². The van der Waals surface area contributed by atoms with Gasteiger partial charge in [-0.15, -0.1) is 0 Å². The summed E-state index contributed by atoms with van der Waals surface area (Å²) in [5, 5.41) is 12.7. The molecule has 0 atom stereocenters. The van der Waals surface area contributed by atoms with Crippen molar-refractivity contribution < 1.29 is 9.90 Å². The lowest BCUT2D eigenvalue weighted by molar-refractivity contribution is 0.113. The van der Waals surface area contributed by atoms with Crippen molar-refractivity contribution in [1.29, 1.82) is 0 Å². The predicted octanol–water partition coefficient (Wildman–Crippen LogP) is 3.34. The number of rotatable bonds is 4. The minimum atomic E-state index is -0.168. The van der Waals surface area contributed by atoms with E-state index in [0.29, 0.717) is 0 Å². The first-order chi connectivity index (χ1) is 11.7. The van der Waals surface area contributed by atoms with Crippen molar-refractivity contribution in [2.24, 2.45) is 5.92 Å². The Bertz CT molecular complexity index is 504. The minimum Gasteiger partial charge on any atom is -0.393 e. The molecule has 2 fully saturated rings. The fourth-order valence-corrected chi connectivity index (χ4v) is 3.93. The average Bonchev–Trinajstić information content (AvgIpc) is 2.63. The van der Waals surface area contributed by atoms with Gasteiger partial charge in [0.25, 0.3) is 0 Å². The summed E-state index contributed by atoms with van der Waals surface area (Å²) in [6, 6.07) is 11.0. The molecule has 132 valence electrons. The fraction of sp³-hybridized carbons (Fsp3) is 0.650. The molecule has 4 heteroatoms. The van der Waals surface area contributed by atoms with Crippen molar-refractivity contribution in [2.45, 2.75) is 63.5 Å². The van der Waals surface area contributed by atoms with E-state index in [9.17, 15) is 9.90 Å². The number of nitrogens with one attached hydrogen (secondary N) is 1. The zero-order valence-corrected chi connectivity index (χ0v) is 14.5. The van der Waals surface area contributed by atoms with Gasteiger partial charge >= 0.3 is 6.03 Å². The van der Waals surface area contributed by atoms with Crippen LogP contribution in [0.4, 0.5) is 4.79 Å². The van der Waals surface area contributed by atoms with Crippen molar-refractivity contribution in [2.75, 3.05) is 13.1 Å². The molecule has 0 aromatic heterocycles. The molecule has 4 nitrogen and oxygen atoms in total. The summed E-state index contributed by atoms with van der Waals surface area (Å²) in [5.74, 6) is 0.735. The highest BCUT2D eigenvalue weighted by Crippen LogP contribution is 2.23. The van der Waals surface area contributed by atoms with E-state index in [1.165, 1.54) is 12.0 Å². The maximum absolute atomic E-state index is 12.4. The van der Waals surface area contributed by atoms with Crippen LogP contribution in [0.5, 0.6) is 0 Å². The van der Waals surface area contributed by atoms with Crippen molar-refractivity contribution in [3.8, 4) is 0 Å². The van der Waals surface area contributed by atoms with Gasteiger partial charge in [0, 0.05) is 19.1 Å². The maximum Gasteiger partial charge on any atom is 0.317 e. The van der Waals surface area contributed by atoms with Crippen LogP contribution in [-0.4, -0.2) is 41.3 Å². The van der Waals surface area contributed by atoms with E-state index in [2.05, 4.69) is 35.6 Å². The molecule has 1 saturated carbocycles. The third-order valence-electron chi connectivity index (χ3n) is 5.61. The molecule has 1 aromatic rings. The summed E-state index contributed by atoms with van der Waals surface area (Å²) in [6.45, 7) is 1.75. The van der Waals surface area contributed by atoms with Crippen LogP contribution in [0.2, 0.25) is 0 Å². The Morgan fingerprint density at radius 1 is 1.04 bits per heavy atom. The molecule has 0 spiro atoms. The van der Waals surface area contributed by atoms with Crippen LogP contribution < -0.4 is 5.32 Å². The molecule has 1 heterocycles. The minimum absolute atomic E-state index is 0.0953. The van der Waals surface area contributed by atoms with Crippen LogP contribution in [0, 0.1) is 5.92 Å². The van der Waals surface area contributed by atoms with Gasteiger partial charge in [0.2, 0.25) is 0 Å². The Hall–Kier alpha value is -1.55. The number of urea groups is 1. The monoisotopic (exact) mass is 330 g/mol. The third kappa shape index (κ3) is 4.97. The van der Waals surface area contributed by atoms with Crippen LogP contribution in [-0.2, 0) is 6.42 Å². The Kier molecular flexibility index (Phi) is 6.13. The summed E-state index contributed by atoms with van der Waals surface area (Å²) < 4.78 is 0. The van der Waals surface area contributed by atoms with E-state index >= 15 is 0 Å². The smallest absolute Gasteiger partial charge is 0.317 e. The van der Waals surface area contributed by atoms with Gasteiger partial charge < -0.3 is 15.3 Å². The highest BCUT2D eigenvalue weighted by molar-refractivity contribution is 5.74. The summed E-state index contributed by atoms with van der Waals surface area (Å²) in [7, 11) is 0. The van der Waals surface area contributed by atoms with Crippen molar-refractivity contribution >= 4 is 6.03 Å². The number of carbonyl (C=O) groups excluding carboxylic acids is 1. The van der Waals surface area contributed by atoms with Gasteiger partial charge in [-0.1, -0.05) is 30.3 Å². The van der Waals surface area contributed by atoms with E-state index < -0.39 is 0 Å². The van der Waals surface area contributed by atoms with Crippen molar-refractivity contribution in [3.63, 3.8) is 0 Å². The highest BCUT2D eigenvalue weighted by atomic mass is 16.3. The number of benzene rings is 1. The molecule has 24 heavy (non-hydrogen) atoms. The molecule has 0 unspecified atom stereocenters. The van der Waals surface area contributed by atoms with Crippen LogP contribution in [0.25, 0.3) is 0 Å². The van der Waals surface area contributed by atoms with Crippen molar-refractivity contribution in [1.82, 2.24) is 10.2 Å². The summed E-state index contributed by atoms with van der Waals surface area (Å²) >= 11 is 0. The zero-order valence-electron chi connectivity index (χ0n) is 14.5. The van der Waals surface area contributed by atoms with Gasteiger partial charge in [0.1, 0.15) is 0 Å². The number of likely N-dealkylation sites (tertiary alicyclic amines) is 1.